The van der Waals surface area contributed by atoms with E-state index in [9.17, 15) is 9.59 Å². The third-order valence-corrected chi connectivity index (χ3v) is 5.35. The molecule has 0 bridgehead atoms. The zero-order chi connectivity index (χ0) is 22.0. The van der Waals surface area contributed by atoms with Gasteiger partial charge in [-0.25, -0.2) is 0 Å². The van der Waals surface area contributed by atoms with Crippen LogP contribution in [0.1, 0.15) is 11.6 Å². The molecule has 1 atom stereocenters. The lowest BCUT2D eigenvalue weighted by Crippen LogP contribution is -2.56. The molecular weight excluding hydrogens is 418 g/mol. The molecule has 3 aromatic rings. The highest BCUT2D eigenvalue weighted by Crippen LogP contribution is 2.38. The number of methoxy groups -OCH3 is 2. The lowest BCUT2D eigenvalue weighted by atomic mass is 10.0. The van der Waals surface area contributed by atoms with Crippen LogP contribution >= 0.6 is 11.6 Å². The van der Waals surface area contributed by atoms with Crippen molar-refractivity contribution in [3.8, 4) is 11.5 Å². The van der Waals surface area contributed by atoms with Gasteiger partial charge in [-0.05, 0) is 42.5 Å². The highest BCUT2D eigenvalue weighted by Gasteiger charge is 2.42. The molecule has 2 heterocycles. The van der Waals surface area contributed by atoms with Crippen molar-refractivity contribution < 1.29 is 19.1 Å². The quantitative estimate of drug-likeness (QED) is 0.605. The van der Waals surface area contributed by atoms with Gasteiger partial charge in [-0.1, -0.05) is 17.7 Å². The van der Waals surface area contributed by atoms with Crippen molar-refractivity contribution in [1.29, 1.82) is 0 Å². The lowest BCUT2D eigenvalue weighted by Gasteiger charge is -2.40. The van der Waals surface area contributed by atoms with Crippen LogP contribution in [0, 0.1) is 0 Å². The van der Waals surface area contributed by atoms with Crippen LogP contribution in [-0.2, 0) is 9.59 Å². The predicted molar refractivity (Wildman–Crippen MR) is 118 cm³/mol. The number of hydrogen-bond donors (Lipinski definition) is 0. The van der Waals surface area contributed by atoms with E-state index < -0.39 is 6.04 Å². The third-order valence-electron chi connectivity index (χ3n) is 5.10. The van der Waals surface area contributed by atoms with Gasteiger partial charge in [0.1, 0.15) is 24.1 Å². The lowest BCUT2D eigenvalue weighted by molar-refractivity contribution is -0.128. The van der Waals surface area contributed by atoms with Gasteiger partial charge in [-0.2, -0.15) is 0 Å². The van der Waals surface area contributed by atoms with Crippen molar-refractivity contribution in [2.45, 2.75) is 6.04 Å². The summed E-state index contributed by atoms with van der Waals surface area (Å²) < 4.78 is 10.7. The summed E-state index contributed by atoms with van der Waals surface area (Å²) in [6, 6.07) is 14.6. The molecule has 0 aliphatic carbocycles. The zero-order valence-electron chi connectivity index (χ0n) is 17.0. The SMILES string of the molecule is COc1ccc(N2CC(=O)N(c3ccc(Cl)cc3)[C@@H](c3cccnc3)C2=O)c(OC)c1. The molecule has 0 saturated carbocycles. The number of pyridine rings is 1. The number of carbonyl (C=O) groups excluding carboxylic acids is 2. The normalized spacial score (nSPS) is 16.4. The van der Waals surface area contributed by atoms with Crippen LogP contribution in [0.25, 0.3) is 0 Å². The summed E-state index contributed by atoms with van der Waals surface area (Å²) in [5.41, 5.74) is 1.68. The maximum atomic E-state index is 13.7. The Labute approximate surface area is 184 Å². The van der Waals surface area contributed by atoms with Crippen molar-refractivity contribution >= 4 is 34.8 Å². The summed E-state index contributed by atoms with van der Waals surface area (Å²) in [6.07, 6.45) is 3.21. The molecular formula is C23H20ClN3O4. The first-order valence-corrected chi connectivity index (χ1v) is 9.92. The molecule has 0 spiro atoms. The summed E-state index contributed by atoms with van der Waals surface area (Å²) in [5.74, 6) is 0.507. The highest BCUT2D eigenvalue weighted by atomic mass is 35.5. The van der Waals surface area contributed by atoms with Gasteiger partial charge in [0.15, 0.2) is 0 Å². The van der Waals surface area contributed by atoms with E-state index in [1.165, 1.54) is 16.9 Å². The van der Waals surface area contributed by atoms with Gasteiger partial charge in [-0.15, -0.1) is 0 Å². The summed E-state index contributed by atoms with van der Waals surface area (Å²) in [7, 11) is 3.06. The van der Waals surface area contributed by atoms with E-state index in [1.807, 2.05) is 0 Å². The van der Waals surface area contributed by atoms with Crippen molar-refractivity contribution in [3.63, 3.8) is 0 Å². The van der Waals surface area contributed by atoms with Gasteiger partial charge in [0.2, 0.25) is 5.91 Å². The largest absolute Gasteiger partial charge is 0.497 e. The van der Waals surface area contributed by atoms with Gasteiger partial charge in [0.25, 0.3) is 5.91 Å². The number of rotatable bonds is 5. The standard InChI is InChI=1S/C23H20ClN3O4/c1-30-18-9-10-19(20(12-18)31-2)26-14-21(28)27(17-7-5-16(24)6-8-17)22(23(26)29)15-4-3-11-25-13-15/h3-13,22H,14H2,1-2H3/t22-/m0/s1. The topological polar surface area (TPSA) is 72.0 Å². The number of nitrogens with zero attached hydrogens (tertiary/aromatic N) is 3. The number of carbonyl (C=O) groups is 2. The van der Waals surface area contributed by atoms with Crippen LogP contribution in [0.3, 0.4) is 0 Å². The summed E-state index contributed by atoms with van der Waals surface area (Å²) in [6.45, 7) is -0.138. The maximum Gasteiger partial charge on any atom is 0.255 e. The minimum atomic E-state index is -0.886. The van der Waals surface area contributed by atoms with E-state index in [0.29, 0.717) is 33.5 Å². The molecule has 8 heteroatoms. The van der Waals surface area contributed by atoms with E-state index in [1.54, 1.807) is 74.1 Å². The number of aromatic nitrogens is 1. The van der Waals surface area contributed by atoms with Gasteiger partial charge < -0.3 is 9.47 Å². The number of benzene rings is 2. The second-order valence-electron chi connectivity index (χ2n) is 6.89. The molecule has 0 radical (unpaired) electrons. The molecule has 7 nitrogen and oxygen atoms in total. The summed E-state index contributed by atoms with van der Waals surface area (Å²) >= 11 is 6.02. The Hall–Kier alpha value is -3.58. The van der Waals surface area contributed by atoms with Crippen LogP contribution in [0.5, 0.6) is 11.5 Å². The van der Waals surface area contributed by atoms with Crippen LogP contribution in [0.15, 0.2) is 67.0 Å². The number of anilines is 2. The van der Waals surface area contributed by atoms with Crippen LogP contribution < -0.4 is 19.3 Å². The number of amides is 2. The predicted octanol–water partition coefficient (Wildman–Crippen LogP) is 3.87. The average Bonchev–Trinajstić information content (AvgIpc) is 2.81. The van der Waals surface area contributed by atoms with Gasteiger partial charge in [-0.3, -0.25) is 24.4 Å². The Kier molecular flexibility index (Phi) is 5.77. The van der Waals surface area contributed by atoms with Crippen molar-refractivity contribution in [3.05, 3.63) is 77.6 Å². The monoisotopic (exact) mass is 437 g/mol. The van der Waals surface area contributed by atoms with E-state index in [4.69, 9.17) is 21.1 Å². The third kappa shape index (κ3) is 3.92. The average molecular weight is 438 g/mol. The van der Waals surface area contributed by atoms with Gasteiger partial charge in [0, 0.05) is 34.7 Å². The van der Waals surface area contributed by atoms with Gasteiger partial charge in [0.05, 0.1) is 19.9 Å². The Morgan fingerprint density at radius 3 is 2.45 bits per heavy atom. The van der Waals surface area contributed by atoms with Crippen molar-refractivity contribution in [2.24, 2.45) is 0 Å². The molecule has 4 rings (SSSR count). The minimum absolute atomic E-state index is 0.138. The van der Waals surface area contributed by atoms with E-state index in [2.05, 4.69) is 4.98 Å². The fraction of sp³-hybridized carbons (Fsp3) is 0.174. The zero-order valence-corrected chi connectivity index (χ0v) is 17.7. The maximum absolute atomic E-state index is 13.7. The summed E-state index contributed by atoms with van der Waals surface area (Å²) in [4.78, 5) is 34.1. The molecule has 158 valence electrons. The van der Waals surface area contributed by atoms with Gasteiger partial charge >= 0.3 is 0 Å². The number of piperazine rings is 1. The smallest absolute Gasteiger partial charge is 0.255 e. The second kappa shape index (κ2) is 8.65. The first-order valence-electron chi connectivity index (χ1n) is 9.54. The first kappa shape index (κ1) is 20.7. The first-order chi connectivity index (χ1) is 15.0. The number of ether oxygens (including phenoxy) is 2. The molecule has 1 fully saturated rings. The molecule has 0 N–H and O–H groups in total. The number of hydrogen-bond acceptors (Lipinski definition) is 5. The van der Waals surface area contributed by atoms with Crippen molar-refractivity contribution in [1.82, 2.24) is 4.98 Å². The fourth-order valence-electron chi connectivity index (χ4n) is 3.63. The van der Waals surface area contributed by atoms with E-state index in [-0.39, 0.29) is 18.4 Å². The Morgan fingerprint density at radius 1 is 1.03 bits per heavy atom. The van der Waals surface area contributed by atoms with E-state index in [0.717, 1.165) is 0 Å². The molecule has 2 aromatic carbocycles. The molecule has 31 heavy (non-hydrogen) atoms. The Bertz CT molecular complexity index is 1110. The van der Waals surface area contributed by atoms with Crippen LogP contribution in [0.2, 0.25) is 5.02 Å². The molecule has 1 saturated heterocycles. The molecule has 1 aliphatic rings. The Morgan fingerprint density at radius 2 is 1.81 bits per heavy atom. The molecule has 1 aromatic heterocycles. The Balaban J connectivity index is 1.81. The number of halogens is 1. The molecule has 2 amide bonds. The van der Waals surface area contributed by atoms with Crippen LogP contribution in [-0.4, -0.2) is 37.6 Å². The van der Waals surface area contributed by atoms with Crippen LogP contribution in [0.4, 0.5) is 11.4 Å². The van der Waals surface area contributed by atoms with E-state index >= 15 is 0 Å². The molecule has 1 aliphatic heterocycles. The highest BCUT2D eigenvalue weighted by molar-refractivity contribution is 6.30. The molecule has 0 unspecified atom stereocenters. The summed E-state index contributed by atoms with van der Waals surface area (Å²) in [5, 5.41) is 0.544. The second-order valence-corrected chi connectivity index (χ2v) is 7.33. The minimum Gasteiger partial charge on any atom is -0.497 e. The fourth-order valence-corrected chi connectivity index (χ4v) is 3.75. The van der Waals surface area contributed by atoms with Crippen molar-refractivity contribution in [2.75, 3.05) is 30.6 Å².